The van der Waals surface area contributed by atoms with Gasteiger partial charge in [-0.3, -0.25) is 4.79 Å². The molecule has 0 atom stereocenters. The average molecular weight is 339 g/mol. The Kier molecular flexibility index (Phi) is 4.88. The summed E-state index contributed by atoms with van der Waals surface area (Å²) in [6.45, 7) is 9.74. The van der Waals surface area contributed by atoms with Crippen molar-refractivity contribution < 1.29 is 4.79 Å². The van der Waals surface area contributed by atoms with Gasteiger partial charge in [0, 0.05) is 30.5 Å². The molecule has 25 heavy (non-hydrogen) atoms. The SMILES string of the molecule is CC(C)Cn1c(Cn2ccnc2)nc2cc(NC(=O)C(C)C)ccc21. The normalized spacial score (nSPS) is 11.6. The lowest BCUT2D eigenvalue weighted by Crippen LogP contribution is -2.17. The van der Waals surface area contributed by atoms with Gasteiger partial charge < -0.3 is 14.5 Å². The van der Waals surface area contributed by atoms with Gasteiger partial charge in [-0.25, -0.2) is 9.97 Å². The molecule has 0 radical (unpaired) electrons. The van der Waals surface area contributed by atoms with Crippen LogP contribution in [0.15, 0.2) is 36.9 Å². The molecule has 0 fully saturated rings. The number of hydrogen-bond acceptors (Lipinski definition) is 3. The quantitative estimate of drug-likeness (QED) is 0.747. The van der Waals surface area contributed by atoms with Crippen LogP contribution in [-0.2, 0) is 17.9 Å². The van der Waals surface area contributed by atoms with E-state index in [-0.39, 0.29) is 11.8 Å². The molecule has 1 N–H and O–H groups in total. The molecule has 6 nitrogen and oxygen atoms in total. The zero-order valence-corrected chi connectivity index (χ0v) is 15.2. The molecular formula is C19H25N5O. The predicted molar refractivity (Wildman–Crippen MR) is 99.4 cm³/mol. The summed E-state index contributed by atoms with van der Waals surface area (Å²) in [6, 6.07) is 5.93. The third kappa shape index (κ3) is 3.90. The number of imidazole rings is 2. The standard InChI is InChI=1S/C19H25N5O/c1-13(2)10-24-17-6-5-15(21-19(25)14(3)4)9-16(17)22-18(24)11-23-8-7-20-12-23/h5-9,12-14H,10-11H2,1-4H3,(H,21,25). The van der Waals surface area contributed by atoms with Crippen LogP contribution in [0.5, 0.6) is 0 Å². The van der Waals surface area contributed by atoms with Crippen molar-refractivity contribution in [3.63, 3.8) is 0 Å². The Bertz CT molecular complexity index is 861. The van der Waals surface area contributed by atoms with Gasteiger partial charge in [0.05, 0.1) is 23.9 Å². The Morgan fingerprint density at radius 3 is 2.68 bits per heavy atom. The minimum atomic E-state index is -0.0500. The summed E-state index contributed by atoms with van der Waals surface area (Å²) in [7, 11) is 0. The molecule has 0 saturated carbocycles. The molecular weight excluding hydrogens is 314 g/mol. The third-order valence-electron chi connectivity index (χ3n) is 4.05. The summed E-state index contributed by atoms with van der Waals surface area (Å²) in [5, 5.41) is 2.95. The largest absolute Gasteiger partial charge is 0.330 e. The van der Waals surface area contributed by atoms with Crippen molar-refractivity contribution in [2.45, 2.75) is 40.8 Å². The van der Waals surface area contributed by atoms with Gasteiger partial charge in [0.25, 0.3) is 0 Å². The zero-order valence-electron chi connectivity index (χ0n) is 15.2. The molecule has 0 saturated heterocycles. The van der Waals surface area contributed by atoms with Crippen LogP contribution in [0.25, 0.3) is 11.0 Å². The average Bonchev–Trinajstić information content (AvgIpc) is 3.16. The summed E-state index contributed by atoms with van der Waals surface area (Å²) in [4.78, 5) is 20.9. The molecule has 0 aliphatic heterocycles. The number of fused-ring (bicyclic) bond motifs is 1. The van der Waals surface area contributed by atoms with Crippen molar-refractivity contribution in [2.24, 2.45) is 11.8 Å². The van der Waals surface area contributed by atoms with Crippen LogP contribution in [0.3, 0.4) is 0 Å². The molecule has 0 bridgehead atoms. The number of anilines is 1. The van der Waals surface area contributed by atoms with E-state index in [1.54, 1.807) is 12.5 Å². The number of aromatic nitrogens is 4. The fourth-order valence-corrected chi connectivity index (χ4v) is 2.78. The fourth-order valence-electron chi connectivity index (χ4n) is 2.78. The molecule has 1 amide bonds. The maximum atomic E-state index is 11.9. The summed E-state index contributed by atoms with van der Waals surface area (Å²) in [5.41, 5.74) is 2.78. The smallest absolute Gasteiger partial charge is 0.226 e. The van der Waals surface area contributed by atoms with E-state index in [0.717, 1.165) is 29.1 Å². The van der Waals surface area contributed by atoms with Crippen LogP contribution in [0, 0.1) is 11.8 Å². The molecule has 2 heterocycles. The van der Waals surface area contributed by atoms with Gasteiger partial charge in [-0.1, -0.05) is 27.7 Å². The Morgan fingerprint density at radius 2 is 2.04 bits per heavy atom. The number of carbonyl (C=O) groups excluding carboxylic acids is 1. The minimum Gasteiger partial charge on any atom is -0.330 e. The number of nitrogens with zero attached hydrogens (tertiary/aromatic N) is 4. The zero-order chi connectivity index (χ0) is 18.0. The highest BCUT2D eigenvalue weighted by Crippen LogP contribution is 2.23. The lowest BCUT2D eigenvalue weighted by Gasteiger charge is -2.12. The van der Waals surface area contributed by atoms with Crippen LogP contribution in [0.2, 0.25) is 0 Å². The highest BCUT2D eigenvalue weighted by molar-refractivity contribution is 5.94. The van der Waals surface area contributed by atoms with E-state index < -0.39 is 0 Å². The van der Waals surface area contributed by atoms with Crippen LogP contribution in [0.4, 0.5) is 5.69 Å². The Labute approximate surface area is 147 Å². The van der Waals surface area contributed by atoms with Gasteiger partial charge in [-0.05, 0) is 24.1 Å². The summed E-state index contributed by atoms with van der Waals surface area (Å²) in [6.07, 6.45) is 5.51. The second-order valence-electron chi connectivity index (χ2n) is 7.11. The lowest BCUT2D eigenvalue weighted by molar-refractivity contribution is -0.118. The van der Waals surface area contributed by atoms with E-state index in [0.29, 0.717) is 12.5 Å². The number of amides is 1. The monoisotopic (exact) mass is 339 g/mol. The van der Waals surface area contributed by atoms with E-state index in [2.05, 4.69) is 28.7 Å². The Balaban J connectivity index is 1.98. The van der Waals surface area contributed by atoms with E-state index in [9.17, 15) is 4.79 Å². The van der Waals surface area contributed by atoms with E-state index >= 15 is 0 Å². The van der Waals surface area contributed by atoms with E-state index in [1.165, 1.54) is 0 Å². The third-order valence-corrected chi connectivity index (χ3v) is 4.05. The van der Waals surface area contributed by atoms with Gasteiger partial charge >= 0.3 is 0 Å². The molecule has 0 aliphatic rings. The van der Waals surface area contributed by atoms with Crippen molar-refractivity contribution in [1.29, 1.82) is 0 Å². The number of hydrogen-bond donors (Lipinski definition) is 1. The van der Waals surface area contributed by atoms with Gasteiger partial charge in [0.15, 0.2) is 0 Å². The van der Waals surface area contributed by atoms with E-state index in [4.69, 9.17) is 4.98 Å². The van der Waals surface area contributed by atoms with Crippen LogP contribution < -0.4 is 5.32 Å². The topological polar surface area (TPSA) is 64.7 Å². The van der Waals surface area contributed by atoms with Gasteiger partial charge in [-0.2, -0.15) is 0 Å². The van der Waals surface area contributed by atoms with Crippen LogP contribution in [0.1, 0.15) is 33.5 Å². The highest BCUT2D eigenvalue weighted by atomic mass is 16.1. The number of benzene rings is 1. The van der Waals surface area contributed by atoms with Crippen LogP contribution >= 0.6 is 0 Å². The van der Waals surface area contributed by atoms with Gasteiger partial charge in [-0.15, -0.1) is 0 Å². The maximum Gasteiger partial charge on any atom is 0.226 e. The van der Waals surface area contributed by atoms with Crippen molar-refractivity contribution >= 4 is 22.6 Å². The Hall–Kier alpha value is -2.63. The van der Waals surface area contributed by atoms with Crippen molar-refractivity contribution in [3.8, 4) is 0 Å². The molecule has 3 rings (SSSR count). The summed E-state index contributed by atoms with van der Waals surface area (Å²) in [5.74, 6) is 1.47. The second-order valence-corrected chi connectivity index (χ2v) is 7.11. The van der Waals surface area contributed by atoms with E-state index in [1.807, 2.05) is 42.8 Å². The molecule has 0 aliphatic carbocycles. The lowest BCUT2D eigenvalue weighted by atomic mass is 10.2. The summed E-state index contributed by atoms with van der Waals surface area (Å²) >= 11 is 0. The number of nitrogens with one attached hydrogen (secondary N) is 1. The van der Waals surface area contributed by atoms with Crippen molar-refractivity contribution in [1.82, 2.24) is 19.1 Å². The molecule has 0 unspecified atom stereocenters. The molecule has 3 aromatic rings. The van der Waals surface area contributed by atoms with Crippen molar-refractivity contribution in [2.75, 3.05) is 5.32 Å². The molecule has 6 heteroatoms. The molecule has 2 aromatic heterocycles. The first kappa shape index (κ1) is 17.2. The predicted octanol–water partition coefficient (Wildman–Crippen LogP) is 3.53. The number of carbonyl (C=O) groups is 1. The first-order valence-electron chi connectivity index (χ1n) is 8.70. The molecule has 0 spiro atoms. The van der Waals surface area contributed by atoms with Gasteiger partial charge in [0.2, 0.25) is 5.91 Å². The summed E-state index contributed by atoms with van der Waals surface area (Å²) < 4.78 is 4.27. The first-order valence-corrected chi connectivity index (χ1v) is 8.70. The number of rotatable bonds is 6. The first-order chi connectivity index (χ1) is 11.9. The maximum absolute atomic E-state index is 11.9. The molecule has 1 aromatic carbocycles. The van der Waals surface area contributed by atoms with Crippen LogP contribution in [-0.4, -0.2) is 25.0 Å². The van der Waals surface area contributed by atoms with Gasteiger partial charge in [0.1, 0.15) is 5.82 Å². The highest BCUT2D eigenvalue weighted by Gasteiger charge is 2.14. The fraction of sp³-hybridized carbons (Fsp3) is 0.421. The second kappa shape index (κ2) is 7.09. The minimum absolute atomic E-state index is 0.0135. The molecule has 132 valence electrons. The van der Waals surface area contributed by atoms with Crippen molar-refractivity contribution in [3.05, 3.63) is 42.7 Å². The Morgan fingerprint density at radius 1 is 1.24 bits per heavy atom.